The molecule has 0 saturated heterocycles. The van der Waals surface area contributed by atoms with Crippen LogP contribution in [0.25, 0.3) is 0 Å². The summed E-state index contributed by atoms with van der Waals surface area (Å²) in [6.07, 6.45) is 3.91. The topological polar surface area (TPSA) is 17.1 Å². The molecule has 0 amide bonds. The Morgan fingerprint density at radius 1 is 0.667 bits per heavy atom. The van der Waals surface area contributed by atoms with Crippen molar-refractivity contribution < 1.29 is 4.57 Å². The van der Waals surface area contributed by atoms with Crippen molar-refractivity contribution in [3.63, 3.8) is 0 Å². The standard InChI is InChI=1S/C22H21OP/c23-24(21-15-6-2-7-16-21,22-17-8-3-9-18-22)19-11-10-14-20-12-4-1-5-13-20/h1-9,11-13,15-19H,10,14H2/b19-11+. The minimum atomic E-state index is -2.73. The molecule has 24 heavy (non-hydrogen) atoms. The fourth-order valence-corrected chi connectivity index (χ4v) is 5.06. The molecule has 0 aliphatic heterocycles. The Morgan fingerprint density at radius 2 is 1.12 bits per heavy atom. The molecule has 3 rings (SSSR count). The van der Waals surface area contributed by atoms with Crippen LogP contribution in [0.5, 0.6) is 0 Å². The van der Waals surface area contributed by atoms with Crippen LogP contribution in [-0.4, -0.2) is 0 Å². The zero-order valence-corrected chi connectivity index (χ0v) is 14.5. The van der Waals surface area contributed by atoms with Gasteiger partial charge in [0.1, 0.15) is 0 Å². The molecule has 0 saturated carbocycles. The first-order valence-corrected chi connectivity index (χ1v) is 9.99. The molecule has 120 valence electrons. The fourth-order valence-electron chi connectivity index (χ4n) is 2.74. The van der Waals surface area contributed by atoms with Crippen molar-refractivity contribution in [2.75, 3.05) is 0 Å². The zero-order valence-electron chi connectivity index (χ0n) is 13.6. The van der Waals surface area contributed by atoms with E-state index < -0.39 is 7.14 Å². The van der Waals surface area contributed by atoms with Gasteiger partial charge in [-0.3, -0.25) is 0 Å². The molecule has 0 aliphatic carbocycles. The van der Waals surface area contributed by atoms with E-state index in [9.17, 15) is 4.57 Å². The van der Waals surface area contributed by atoms with Gasteiger partial charge in [0.2, 0.25) is 0 Å². The van der Waals surface area contributed by atoms with Gasteiger partial charge >= 0.3 is 0 Å². The molecule has 3 aromatic rings. The second kappa shape index (κ2) is 7.95. The van der Waals surface area contributed by atoms with Crippen LogP contribution in [0.1, 0.15) is 12.0 Å². The zero-order chi connectivity index (χ0) is 16.7. The maximum Gasteiger partial charge on any atom is 0.163 e. The molecule has 0 spiro atoms. The van der Waals surface area contributed by atoms with E-state index in [1.807, 2.05) is 72.5 Å². The van der Waals surface area contributed by atoms with Gasteiger partial charge in [0.15, 0.2) is 7.14 Å². The van der Waals surface area contributed by atoms with Gasteiger partial charge in [-0.1, -0.05) is 97.1 Å². The van der Waals surface area contributed by atoms with Gasteiger partial charge in [-0.15, -0.1) is 0 Å². The fraction of sp³-hybridized carbons (Fsp3) is 0.0909. The first-order chi connectivity index (χ1) is 11.8. The third kappa shape index (κ3) is 3.93. The van der Waals surface area contributed by atoms with Crippen molar-refractivity contribution in [3.8, 4) is 0 Å². The molecule has 0 radical (unpaired) electrons. The van der Waals surface area contributed by atoms with Gasteiger partial charge in [0.05, 0.1) is 0 Å². The molecular formula is C22H21OP. The van der Waals surface area contributed by atoms with E-state index in [-0.39, 0.29) is 0 Å². The van der Waals surface area contributed by atoms with Crippen LogP contribution in [0.3, 0.4) is 0 Å². The number of benzene rings is 3. The summed E-state index contributed by atoms with van der Waals surface area (Å²) in [6, 6.07) is 29.9. The average Bonchev–Trinajstić information content (AvgIpc) is 2.67. The Hall–Kier alpha value is -2.37. The first-order valence-electron chi connectivity index (χ1n) is 8.22. The molecule has 0 aliphatic rings. The predicted molar refractivity (Wildman–Crippen MR) is 104 cm³/mol. The van der Waals surface area contributed by atoms with Crippen LogP contribution < -0.4 is 10.6 Å². The first kappa shape index (κ1) is 16.5. The summed E-state index contributed by atoms with van der Waals surface area (Å²) in [6.45, 7) is 0. The van der Waals surface area contributed by atoms with Gasteiger partial charge in [0, 0.05) is 10.6 Å². The lowest BCUT2D eigenvalue weighted by atomic mass is 10.1. The summed E-state index contributed by atoms with van der Waals surface area (Å²) >= 11 is 0. The lowest BCUT2D eigenvalue weighted by molar-refractivity contribution is 0.592. The van der Waals surface area contributed by atoms with E-state index in [0.717, 1.165) is 23.5 Å². The van der Waals surface area contributed by atoms with Crippen molar-refractivity contribution in [2.24, 2.45) is 0 Å². The molecule has 0 N–H and O–H groups in total. The van der Waals surface area contributed by atoms with Gasteiger partial charge in [0.25, 0.3) is 0 Å². The maximum absolute atomic E-state index is 13.7. The second-order valence-electron chi connectivity index (χ2n) is 5.74. The van der Waals surface area contributed by atoms with Crippen molar-refractivity contribution in [1.82, 2.24) is 0 Å². The summed E-state index contributed by atoms with van der Waals surface area (Å²) in [7, 11) is -2.73. The predicted octanol–water partition coefficient (Wildman–Crippen LogP) is 5.15. The summed E-state index contributed by atoms with van der Waals surface area (Å²) in [5.74, 6) is 1.92. The molecular weight excluding hydrogens is 311 g/mol. The Bertz CT molecular complexity index is 780. The highest BCUT2D eigenvalue weighted by Gasteiger charge is 2.23. The number of allylic oxidation sites excluding steroid dienone is 1. The third-order valence-electron chi connectivity index (χ3n) is 4.04. The summed E-state index contributed by atoms with van der Waals surface area (Å²) < 4.78 is 13.7. The van der Waals surface area contributed by atoms with E-state index in [1.165, 1.54) is 5.56 Å². The minimum absolute atomic E-state index is 0.882. The monoisotopic (exact) mass is 332 g/mol. The lowest BCUT2D eigenvalue weighted by Crippen LogP contribution is -2.13. The summed E-state index contributed by atoms with van der Waals surface area (Å²) in [5, 5.41) is 1.76. The van der Waals surface area contributed by atoms with E-state index in [1.54, 1.807) is 0 Å². The lowest BCUT2D eigenvalue weighted by Gasteiger charge is -2.15. The Morgan fingerprint density at radius 3 is 1.62 bits per heavy atom. The largest absolute Gasteiger partial charge is 0.309 e. The van der Waals surface area contributed by atoms with E-state index in [4.69, 9.17) is 0 Å². The van der Waals surface area contributed by atoms with Crippen LogP contribution in [-0.2, 0) is 11.0 Å². The average molecular weight is 332 g/mol. The van der Waals surface area contributed by atoms with Gasteiger partial charge in [-0.05, 0) is 24.2 Å². The van der Waals surface area contributed by atoms with E-state index in [2.05, 4.69) is 30.3 Å². The van der Waals surface area contributed by atoms with Crippen LogP contribution >= 0.6 is 7.14 Å². The second-order valence-corrected chi connectivity index (χ2v) is 8.39. The molecule has 2 heteroatoms. The van der Waals surface area contributed by atoms with E-state index in [0.29, 0.717) is 0 Å². The quantitative estimate of drug-likeness (QED) is 0.571. The smallest absolute Gasteiger partial charge is 0.163 e. The Balaban J connectivity index is 1.83. The maximum atomic E-state index is 13.7. The molecule has 0 heterocycles. The molecule has 3 aromatic carbocycles. The molecule has 0 aromatic heterocycles. The van der Waals surface area contributed by atoms with Gasteiger partial charge in [-0.2, -0.15) is 0 Å². The van der Waals surface area contributed by atoms with Crippen molar-refractivity contribution in [1.29, 1.82) is 0 Å². The van der Waals surface area contributed by atoms with Gasteiger partial charge in [-0.25, -0.2) is 0 Å². The summed E-state index contributed by atoms with van der Waals surface area (Å²) in [4.78, 5) is 0. The Labute approximate surface area is 144 Å². The molecule has 0 atom stereocenters. The molecule has 0 fully saturated rings. The van der Waals surface area contributed by atoms with Crippen molar-refractivity contribution >= 4 is 17.8 Å². The third-order valence-corrected chi connectivity index (χ3v) is 6.80. The van der Waals surface area contributed by atoms with Crippen molar-refractivity contribution in [3.05, 3.63) is 108 Å². The number of hydrogen-bond donors (Lipinski definition) is 0. The van der Waals surface area contributed by atoms with Crippen LogP contribution in [0, 0.1) is 0 Å². The summed E-state index contributed by atoms with van der Waals surface area (Å²) in [5.41, 5.74) is 1.30. The highest BCUT2D eigenvalue weighted by Crippen LogP contribution is 2.44. The van der Waals surface area contributed by atoms with Crippen LogP contribution in [0.2, 0.25) is 0 Å². The minimum Gasteiger partial charge on any atom is -0.309 e. The van der Waals surface area contributed by atoms with Crippen LogP contribution in [0.4, 0.5) is 0 Å². The Kier molecular flexibility index (Phi) is 5.46. The number of aryl methyl sites for hydroxylation is 1. The number of hydrogen-bond acceptors (Lipinski definition) is 1. The molecule has 0 unspecified atom stereocenters. The van der Waals surface area contributed by atoms with E-state index >= 15 is 0 Å². The normalized spacial score (nSPS) is 11.7. The van der Waals surface area contributed by atoms with Gasteiger partial charge < -0.3 is 4.57 Å². The van der Waals surface area contributed by atoms with Crippen LogP contribution in [0.15, 0.2) is 103 Å². The molecule has 0 bridgehead atoms. The highest BCUT2D eigenvalue weighted by atomic mass is 31.2. The number of rotatable bonds is 6. The SMILES string of the molecule is O=P(/C=C/CCc1ccccc1)(c1ccccc1)c1ccccc1. The molecule has 1 nitrogen and oxygen atoms in total. The highest BCUT2D eigenvalue weighted by molar-refractivity contribution is 7.81. The van der Waals surface area contributed by atoms with Crippen molar-refractivity contribution in [2.45, 2.75) is 12.8 Å².